The summed E-state index contributed by atoms with van der Waals surface area (Å²) in [6.45, 7) is 4.83. The fourth-order valence-corrected chi connectivity index (χ4v) is 4.99. The highest BCUT2D eigenvalue weighted by molar-refractivity contribution is 5.79. The van der Waals surface area contributed by atoms with Crippen LogP contribution in [0.15, 0.2) is 72.8 Å². The van der Waals surface area contributed by atoms with Crippen LogP contribution in [-0.4, -0.2) is 24.3 Å². The summed E-state index contributed by atoms with van der Waals surface area (Å²) >= 11 is 0. The van der Waals surface area contributed by atoms with Gasteiger partial charge in [0.05, 0.1) is 6.61 Å². The van der Waals surface area contributed by atoms with Gasteiger partial charge in [-0.15, -0.1) is 0 Å². The largest absolute Gasteiger partial charge is 0.494 e. The summed E-state index contributed by atoms with van der Waals surface area (Å²) in [5, 5.41) is 9.82. The van der Waals surface area contributed by atoms with Crippen molar-refractivity contribution in [1.82, 2.24) is 0 Å². The summed E-state index contributed by atoms with van der Waals surface area (Å²) in [5.74, 6) is 0.176. The Morgan fingerprint density at radius 2 is 1.46 bits per heavy atom. The van der Waals surface area contributed by atoms with E-state index in [2.05, 4.69) is 55.5 Å². The van der Waals surface area contributed by atoms with E-state index in [1.165, 1.54) is 22.3 Å². The molecule has 0 radical (unpaired) electrons. The molecule has 3 aromatic rings. The molecular formula is C31H36O4. The van der Waals surface area contributed by atoms with Crippen LogP contribution in [0, 0.1) is 0 Å². The number of carboxylic acids is 1. The Balaban J connectivity index is 1.31. The van der Waals surface area contributed by atoms with Crippen LogP contribution in [0.5, 0.6) is 5.75 Å². The van der Waals surface area contributed by atoms with Gasteiger partial charge >= 0.3 is 5.97 Å². The summed E-state index contributed by atoms with van der Waals surface area (Å²) in [6.07, 6.45) is 6.15. The summed E-state index contributed by atoms with van der Waals surface area (Å²) in [7, 11) is 0. The third-order valence-corrected chi connectivity index (χ3v) is 7.07. The van der Waals surface area contributed by atoms with E-state index in [0.29, 0.717) is 24.7 Å². The van der Waals surface area contributed by atoms with Crippen molar-refractivity contribution in [2.24, 2.45) is 0 Å². The molecule has 184 valence electrons. The average molecular weight is 473 g/mol. The zero-order chi connectivity index (χ0) is 24.7. The second-order valence-corrected chi connectivity index (χ2v) is 9.49. The topological polar surface area (TPSA) is 55.8 Å². The second kappa shape index (κ2) is 11.5. The average Bonchev–Trinajstić information content (AvgIpc) is 3.20. The smallest absolute Gasteiger partial charge is 0.340 e. The molecule has 0 saturated carbocycles. The van der Waals surface area contributed by atoms with Crippen LogP contribution in [0.4, 0.5) is 0 Å². The van der Waals surface area contributed by atoms with Crippen LogP contribution in [0.2, 0.25) is 0 Å². The summed E-state index contributed by atoms with van der Waals surface area (Å²) in [5.41, 5.74) is 4.78. The zero-order valence-electron chi connectivity index (χ0n) is 20.8. The van der Waals surface area contributed by atoms with Gasteiger partial charge < -0.3 is 14.6 Å². The maximum atomic E-state index is 12.0. The lowest BCUT2D eigenvalue weighted by Gasteiger charge is -2.26. The Morgan fingerprint density at radius 1 is 0.829 bits per heavy atom. The van der Waals surface area contributed by atoms with E-state index in [9.17, 15) is 9.90 Å². The van der Waals surface area contributed by atoms with Crippen molar-refractivity contribution in [2.75, 3.05) is 13.2 Å². The molecule has 0 spiro atoms. The fraction of sp³-hybridized carbons (Fsp3) is 0.387. The molecule has 35 heavy (non-hydrogen) atoms. The number of carbonyl (C=O) groups is 1. The minimum absolute atomic E-state index is 0.402. The molecule has 0 aromatic heterocycles. The van der Waals surface area contributed by atoms with Crippen molar-refractivity contribution >= 4 is 5.97 Å². The maximum Gasteiger partial charge on any atom is 0.340 e. The van der Waals surface area contributed by atoms with Crippen LogP contribution in [0.3, 0.4) is 0 Å². The van der Waals surface area contributed by atoms with Gasteiger partial charge in [-0.2, -0.15) is 0 Å². The Morgan fingerprint density at radius 3 is 2.06 bits per heavy atom. The molecule has 1 unspecified atom stereocenters. The summed E-state index contributed by atoms with van der Waals surface area (Å²) in [6, 6.07) is 24.7. The lowest BCUT2D eigenvalue weighted by Crippen LogP contribution is -2.35. The predicted molar refractivity (Wildman–Crippen MR) is 140 cm³/mol. The van der Waals surface area contributed by atoms with Crippen molar-refractivity contribution in [3.8, 4) is 16.9 Å². The van der Waals surface area contributed by atoms with E-state index in [0.717, 1.165) is 44.3 Å². The summed E-state index contributed by atoms with van der Waals surface area (Å²) in [4.78, 5) is 12.0. The Hall–Kier alpha value is -3.11. The molecule has 0 amide bonds. The second-order valence-electron chi connectivity index (χ2n) is 9.49. The molecule has 3 aromatic carbocycles. The standard InChI is InChI=1S/C31H36O4/c1-3-4-5-10-22-35-31(2,30(32)33)23-17-19-24(20-18-23)34-21-11-16-29-27-14-8-6-12-25(27)26-13-7-9-15-28(26)29/h6-9,12-15,17-20,29H,3-5,10-11,16,21-22H2,1-2H3,(H,32,33). The van der Waals surface area contributed by atoms with Crippen LogP contribution in [-0.2, 0) is 15.1 Å². The maximum absolute atomic E-state index is 12.0. The molecule has 0 aliphatic heterocycles. The van der Waals surface area contributed by atoms with E-state index in [4.69, 9.17) is 9.47 Å². The van der Waals surface area contributed by atoms with E-state index in [-0.39, 0.29) is 0 Å². The molecule has 4 nitrogen and oxygen atoms in total. The molecule has 1 aliphatic rings. The number of benzene rings is 3. The molecule has 0 fully saturated rings. The minimum atomic E-state index is -1.35. The normalized spacial score (nSPS) is 14.2. The highest BCUT2D eigenvalue weighted by Crippen LogP contribution is 2.46. The number of rotatable bonds is 13. The van der Waals surface area contributed by atoms with Gasteiger partial charge in [0.25, 0.3) is 0 Å². The van der Waals surface area contributed by atoms with Crippen LogP contribution >= 0.6 is 0 Å². The van der Waals surface area contributed by atoms with Crippen molar-refractivity contribution in [1.29, 1.82) is 0 Å². The van der Waals surface area contributed by atoms with E-state index in [1.54, 1.807) is 19.1 Å². The van der Waals surface area contributed by atoms with Crippen LogP contribution in [0.1, 0.15) is 75.0 Å². The quantitative estimate of drug-likeness (QED) is 0.261. The molecule has 4 heteroatoms. The van der Waals surface area contributed by atoms with Gasteiger partial charge in [0.1, 0.15) is 5.75 Å². The first-order valence-corrected chi connectivity index (χ1v) is 12.8. The lowest BCUT2D eigenvalue weighted by atomic mass is 9.92. The van der Waals surface area contributed by atoms with Crippen LogP contribution < -0.4 is 4.74 Å². The van der Waals surface area contributed by atoms with Crippen molar-refractivity contribution < 1.29 is 19.4 Å². The fourth-order valence-electron chi connectivity index (χ4n) is 4.99. The highest BCUT2D eigenvalue weighted by Gasteiger charge is 2.36. The lowest BCUT2D eigenvalue weighted by molar-refractivity contribution is -0.165. The first-order valence-electron chi connectivity index (χ1n) is 12.8. The van der Waals surface area contributed by atoms with Gasteiger partial charge in [-0.05, 0) is 66.1 Å². The third kappa shape index (κ3) is 5.59. The molecule has 1 aliphatic carbocycles. The molecule has 0 bridgehead atoms. The number of ether oxygens (including phenoxy) is 2. The molecule has 1 atom stereocenters. The SMILES string of the molecule is CCCCCCOC(C)(C(=O)O)c1ccc(OCCCC2c3ccccc3-c3ccccc32)cc1. The van der Waals surface area contributed by atoms with E-state index < -0.39 is 11.6 Å². The van der Waals surface area contributed by atoms with Gasteiger partial charge in [-0.3, -0.25) is 0 Å². The molecule has 4 rings (SSSR count). The number of hydrogen-bond acceptors (Lipinski definition) is 3. The van der Waals surface area contributed by atoms with Gasteiger partial charge in [0.2, 0.25) is 0 Å². The van der Waals surface area contributed by atoms with Gasteiger partial charge in [0.15, 0.2) is 5.60 Å². The zero-order valence-corrected chi connectivity index (χ0v) is 20.8. The number of carboxylic acid groups (broad SMARTS) is 1. The van der Waals surface area contributed by atoms with Gasteiger partial charge in [-0.1, -0.05) is 86.8 Å². The van der Waals surface area contributed by atoms with E-state index >= 15 is 0 Å². The monoisotopic (exact) mass is 472 g/mol. The van der Waals surface area contributed by atoms with E-state index in [1.807, 2.05) is 12.1 Å². The Labute approximate surface area is 208 Å². The number of hydrogen-bond donors (Lipinski definition) is 1. The van der Waals surface area contributed by atoms with Gasteiger partial charge in [0, 0.05) is 12.5 Å². The van der Waals surface area contributed by atoms with Crippen LogP contribution in [0.25, 0.3) is 11.1 Å². The molecule has 1 N–H and O–H groups in total. The number of aliphatic carboxylic acids is 1. The van der Waals surface area contributed by atoms with Crippen molar-refractivity contribution in [3.63, 3.8) is 0 Å². The first-order chi connectivity index (χ1) is 17.0. The molecule has 0 saturated heterocycles. The molecule has 0 heterocycles. The minimum Gasteiger partial charge on any atom is -0.494 e. The Kier molecular flexibility index (Phi) is 8.25. The first kappa shape index (κ1) is 25.0. The van der Waals surface area contributed by atoms with Gasteiger partial charge in [-0.25, -0.2) is 4.79 Å². The number of unbranched alkanes of at least 4 members (excludes halogenated alkanes) is 3. The highest BCUT2D eigenvalue weighted by atomic mass is 16.5. The predicted octanol–water partition coefficient (Wildman–Crippen LogP) is 7.55. The third-order valence-electron chi connectivity index (χ3n) is 7.07. The number of fused-ring (bicyclic) bond motifs is 3. The van der Waals surface area contributed by atoms with Crippen molar-refractivity contribution in [3.05, 3.63) is 89.5 Å². The van der Waals surface area contributed by atoms with Crippen molar-refractivity contribution in [2.45, 2.75) is 63.9 Å². The molecular weight excluding hydrogens is 436 g/mol. The summed E-state index contributed by atoms with van der Waals surface area (Å²) < 4.78 is 11.8. The Bertz CT molecular complexity index is 1080.